The summed E-state index contributed by atoms with van der Waals surface area (Å²) in [7, 11) is 0. The van der Waals surface area contributed by atoms with Gasteiger partial charge in [-0.2, -0.15) is 0 Å². The molecule has 1 aliphatic rings. The molecule has 1 aromatic heterocycles. The molecule has 5 nitrogen and oxygen atoms in total. The van der Waals surface area contributed by atoms with Gasteiger partial charge in [0.1, 0.15) is 6.61 Å². The van der Waals surface area contributed by atoms with Crippen LogP contribution in [0.4, 0.5) is 0 Å². The second kappa shape index (κ2) is 5.00. The van der Waals surface area contributed by atoms with E-state index in [4.69, 9.17) is 9.47 Å². The zero-order valence-corrected chi connectivity index (χ0v) is 11.5. The van der Waals surface area contributed by atoms with Gasteiger partial charge in [0, 0.05) is 5.56 Å². The normalized spacial score (nSPS) is 17.0. The number of aromatic nitrogens is 2. The number of aryl methyl sites for hydroxylation is 1. The SMILES string of the molecule is CCc1nc(C2COc3ccccc3O2)[nH]c(=O)c1C. The predicted molar refractivity (Wildman–Crippen MR) is 74.3 cm³/mol. The van der Waals surface area contributed by atoms with Crippen molar-refractivity contribution in [2.75, 3.05) is 6.61 Å². The molecule has 0 bridgehead atoms. The minimum atomic E-state index is -0.386. The number of ether oxygens (including phenoxy) is 2. The number of benzene rings is 1. The van der Waals surface area contributed by atoms with Gasteiger partial charge in [-0.1, -0.05) is 19.1 Å². The minimum absolute atomic E-state index is 0.116. The summed E-state index contributed by atoms with van der Waals surface area (Å²) < 4.78 is 11.5. The van der Waals surface area contributed by atoms with Crippen LogP contribution in [0.15, 0.2) is 29.1 Å². The summed E-state index contributed by atoms with van der Waals surface area (Å²) in [5.41, 5.74) is 1.34. The summed E-state index contributed by atoms with van der Waals surface area (Å²) in [6, 6.07) is 7.47. The summed E-state index contributed by atoms with van der Waals surface area (Å²) in [5.74, 6) is 1.91. The average Bonchev–Trinajstić information content (AvgIpc) is 2.49. The van der Waals surface area contributed by atoms with Gasteiger partial charge in [0.25, 0.3) is 5.56 Å². The van der Waals surface area contributed by atoms with Crippen LogP contribution in [0.3, 0.4) is 0 Å². The van der Waals surface area contributed by atoms with Gasteiger partial charge in [0.2, 0.25) is 0 Å². The molecule has 3 rings (SSSR count). The van der Waals surface area contributed by atoms with Gasteiger partial charge < -0.3 is 14.5 Å². The number of rotatable bonds is 2. The first-order valence-electron chi connectivity index (χ1n) is 6.67. The first kappa shape index (κ1) is 12.7. The standard InChI is InChI=1S/C15H16N2O3/c1-3-10-9(2)15(18)17-14(16-10)13-8-19-11-6-4-5-7-12(11)20-13/h4-7,13H,3,8H2,1-2H3,(H,16,17,18). The maximum absolute atomic E-state index is 11.9. The molecular formula is C15H16N2O3. The third kappa shape index (κ3) is 2.15. The molecule has 0 radical (unpaired) electrons. The van der Waals surface area contributed by atoms with Crippen molar-refractivity contribution >= 4 is 0 Å². The van der Waals surface area contributed by atoms with E-state index < -0.39 is 0 Å². The van der Waals surface area contributed by atoms with E-state index in [1.807, 2.05) is 31.2 Å². The highest BCUT2D eigenvalue weighted by molar-refractivity contribution is 5.41. The van der Waals surface area contributed by atoms with Gasteiger partial charge in [-0.25, -0.2) is 4.98 Å². The highest BCUT2D eigenvalue weighted by Crippen LogP contribution is 2.34. The molecule has 1 aliphatic heterocycles. The quantitative estimate of drug-likeness (QED) is 0.909. The van der Waals surface area contributed by atoms with E-state index in [0.717, 1.165) is 5.69 Å². The van der Waals surface area contributed by atoms with Gasteiger partial charge in [-0.15, -0.1) is 0 Å². The molecule has 104 valence electrons. The molecule has 0 fully saturated rings. The van der Waals surface area contributed by atoms with Crippen molar-refractivity contribution in [1.82, 2.24) is 9.97 Å². The number of fused-ring (bicyclic) bond motifs is 1. The Morgan fingerprint density at radius 2 is 2.10 bits per heavy atom. The van der Waals surface area contributed by atoms with E-state index in [9.17, 15) is 4.79 Å². The van der Waals surface area contributed by atoms with Gasteiger partial charge in [0.05, 0.1) is 5.69 Å². The van der Waals surface area contributed by atoms with Gasteiger partial charge >= 0.3 is 0 Å². The fraction of sp³-hybridized carbons (Fsp3) is 0.333. The second-order valence-electron chi connectivity index (χ2n) is 4.74. The summed E-state index contributed by atoms with van der Waals surface area (Å²) in [6.45, 7) is 4.10. The molecular weight excluding hydrogens is 256 g/mol. The number of hydrogen-bond donors (Lipinski definition) is 1. The third-order valence-corrected chi connectivity index (χ3v) is 3.42. The molecule has 0 amide bonds. The summed E-state index contributed by atoms with van der Waals surface area (Å²) in [5, 5.41) is 0. The van der Waals surface area contributed by atoms with Crippen LogP contribution in [-0.2, 0) is 6.42 Å². The molecule has 0 saturated carbocycles. The van der Waals surface area contributed by atoms with Crippen molar-refractivity contribution < 1.29 is 9.47 Å². The van der Waals surface area contributed by atoms with Crippen molar-refractivity contribution in [3.63, 3.8) is 0 Å². The van der Waals surface area contributed by atoms with Crippen molar-refractivity contribution in [3.05, 3.63) is 51.7 Å². The topological polar surface area (TPSA) is 64.2 Å². The van der Waals surface area contributed by atoms with Gasteiger partial charge in [-0.05, 0) is 25.5 Å². The number of H-pyrrole nitrogens is 1. The Hall–Kier alpha value is -2.30. The summed E-state index contributed by atoms with van der Waals surface area (Å²) >= 11 is 0. The van der Waals surface area contributed by atoms with Gasteiger partial charge in [-0.3, -0.25) is 4.79 Å². The fourth-order valence-corrected chi connectivity index (χ4v) is 2.25. The number of hydrogen-bond acceptors (Lipinski definition) is 4. The Morgan fingerprint density at radius 1 is 1.35 bits per heavy atom. The second-order valence-corrected chi connectivity index (χ2v) is 4.74. The number of aromatic amines is 1. The monoisotopic (exact) mass is 272 g/mol. The minimum Gasteiger partial charge on any atom is -0.485 e. The van der Waals surface area contributed by atoms with Gasteiger partial charge in [0.15, 0.2) is 23.4 Å². The maximum Gasteiger partial charge on any atom is 0.254 e. The lowest BCUT2D eigenvalue weighted by Gasteiger charge is -2.26. The molecule has 0 spiro atoms. The van der Waals surface area contributed by atoms with Crippen molar-refractivity contribution in [2.24, 2.45) is 0 Å². The molecule has 1 unspecified atom stereocenters. The van der Waals surface area contributed by atoms with E-state index in [0.29, 0.717) is 35.9 Å². The zero-order chi connectivity index (χ0) is 14.1. The maximum atomic E-state index is 11.9. The summed E-state index contributed by atoms with van der Waals surface area (Å²) in [4.78, 5) is 19.2. The molecule has 0 aliphatic carbocycles. The Bertz CT molecular complexity index is 694. The Morgan fingerprint density at radius 3 is 2.85 bits per heavy atom. The molecule has 1 N–H and O–H groups in total. The number of nitrogens with one attached hydrogen (secondary N) is 1. The van der Waals surface area contributed by atoms with E-state index in [2.05, 4.69) is 9.97 Å². The zero-order valence-electron chi connectivity index (χ0n) is 11.5. The molecule has 1 atom stereocenters. The van der Waals surface area contributed by atoms with E-state index in [1.54, 1.807) is 6.92 Å². The van der Waals surface area contributed by atoms with E-state index >= 15 is 0 Å². The van der Waals surface area contributed by atoms with Crippen molar-refractivity contribution in [1.29, 1.82) is 0 Å². The molecule has 0 saturated heterocycles. The highest BCUT2D eigenvalue weighted by atomic mass is 16.6. The van der Waals surface area contributed by atoms with Crippen LogP contribution < -0.4 is 15.0 Å². The molecule has 2 heterocycles. The first-order valence-corrected chi connectivity index (χ1v) is 6.67. The van der Waals surface area contributed by atoms with E-state index in [-0.39, 0.29) is 11.7 Å². The largest absolute Gasteiger partial charge is 0.485 e. The Balaban J connectivity index is 1.96. The molecule has 20 heavy (non-hydrogen) atoms. The molecule has 1 aromatic carbocycles. The predicted octanol–water partition coefficient (Wildman–Crippen LogP) is 2.15. The lowest BCUT2D eigenvalue weighted by Crippen LogP contribution is -2.27. The lowest BCUT2D eigenvalue weighted by molar-refractivity contribution is 0.0847. The first-order chi connectivity index (χ1) is 9.69. The average molecular weight is 272 g/mol. The Kier molecular flexibility index (Phi) is 3.18. The smallest absolute Gasteiger partial charge is 0.254 e. The van der Waals surface area contributed by atoms with Crippen LogP contribution in [0.25, 0.3) is 0 Å². The summed E-state index contributed by atoms with van der Waals surface area (Å²) in [6.07, 6.45) is 0.330. The van der Waals surface area contributed by atoms with Crippen LogP contribution in [0, 0.1) is 6.92 Å². The van der Waals surface area contributed by atoms with Crippen LogP contribution in [0.1, 0.15) is 30.1 Å². The lowest BCUT2D eigenvalue weighted by atomic mass is 10.2. The number of para-hydroxylation sites is 2. The van der Waals surface area contributed by atoms with Crippen molar-refractivity contribution in [2.45, 2.75) is 26.4 Å². The Labute approximate surface area is 116 Å². The van der Waals surface area contributed by atoms with Crippen LogP contribution >= 0.6 is 0 Å². The van der Waals surface area contributed by atoms with Crippen LogP contribution in [-0.4, -0.2) is 16.6 Å². The fourth-order valence-electron chi connectivity index (χ4n) is 2.25. The molecule has 5 heteroatoms. The molecule has 2 aromatic rings. The van der Waals surface area contributed by atoms with Crippen molar-refractivity contribution in [3.8, 4) is 11.5 Å². The third-order valence-electron chi connectivity index (χ3n) is 3.42. The van der Waals surface area contributed by atoms with E-state index in [1.165, 1.54) is 0 Å². The highest BCUT2D eigenvalue weighted by Gasteiger charge is 2.25. The van der Waals surface area contributed by atoms with Crippen LogP contribution in [0.5, 0.6) is 11.5 Å². The van der Waals surface area contributed by atoms with Crippen LogP contribution in [0.2, 0.25) is 0 Å². The number of nitrogens with zero attached hydrogens (tertiary/aromatic N) is 1.